The van der Waals surface area contributed by atoms with Crippen molar-refractivity contribution in [3.63, 3.8) is 0 Å². The molecular formula is C13H18FNO2. The van der Waals surface area contributed by atoms with Crippen molar-refractivity contribution < 1.29 is 14.2 Å². The minimum absolute atomic E-state index is 0.231. The number of aliphatic hydroxyl groups excluding tert-OH is 1. The van der Waals surface area contributed by atoms with Crippen LogP contribution in [-0.2, 0) is 0 Å². The maximum Gasteiger partial charge on any atom is 0.213 e. The molecule has 1 heterocycles. The summed E-state index contributed by atoms with van der Waals surface area (Å²) >= 11 is 0. The molecule has 1 saturated carbocycles. The molecule has 94 valence electrons. The number of ether oxygens (including phenoxy) is 1. The summed E-state index contributed by atoms with van der Waals surface area (Å²) < 4.78 is 18.7. The van der Waals surface area contributed by atoms with Gasteiger partial charge >= 0.3 is 0 Å². The molecule has 1 aliphatic carbocycles. The van der Waals surface area contributed by atoms with Gasteiger partial charge in [0.2, 0.25) is 5.88 Å². The number of hydrogen-bond acceptors (Lipinski definition) is 3. The molecule has 0 aromatic carbocycles. The zero-order valence-electron chi connectivity index (χ0n) is 10.0. The van der Waals surface area contributed by atoms with Gasteiger partial charge in [-0.15, -0.1) is 0 Å². The zero-order chi connectivity index (χ0) is 12.3. The van der Waals surface area contributed by atoms with Crippen LogP contribution in [0.1, 0.15) is 37.2 Å². The highest BCUT2D eigenvalue weighted by atomic mass is 19.1. The molecular weight excluding hydrogens is 221 g/mol. The van der Waals surface area contributed by atoms with Gasteiger partial charge in [-0.2, -0.15) is 0 Å². The minimum atomic E-state index is -0.252. The number of nitrogens with zero attached hydrogens (tertiary/aromatic N) is 1. The third kappa shape index (κ3) is 2.75. The Morgan fingerprint density at radius 1 is 1.41 bits per heavy atom. The lowest BCUT2D eigenvalue weighted by Gasteiger charge is -2.27. The van der Waals surface area contributed by atoms with Gasteiger partial charge in [0.25, 0.3) is 0 Å². The summed E-state index contributed by atoms with van der Waals surface area (Å²) in [6.45, 7) is 0.245. The average molecular weight is 239 g/mol. The molecule has 1 aliphatic rings. The van der Waals surface area contributed by atoms with Gasteiger partial charge in [0.05, 0.1) is 13.3 Å². The van der Waals surface area contributed by atoms with Crippen molar-refractivity contribution in [1.29, 1.82) is 0 Å². The Morgan fingerprint density at radius 2 is 2.12 bits per heavy atom. The predicted molar refractivity (Wildman–Crippen MR) is 62.5 cm³/mol. The van der Waals surface area contributed by atoms with E-state index in [0.717, 1.165) is 25.7 Å². The van der Waals surface area contributed by atoms with Crippen molar-refractivity contribution in [3.05, 3.63) is 23.6 Å². The Bertz CT molecular complexity index is 376. The standard InChI is InChI=1S/C13H18FNO2/c1-17-13-6-11(12(14)7-15-13)10-4-2-9(8-16)3-5-10/h6-7,9-10,16H,2-5,8H2,1H3/t9-,10+. The molecule has 0 saturated heterocycles. The van der Waals surface area contributed by atoms with Gasteiger partial charge in [-0.3, -0.25) is 0 Å². The smallest absolute Gasteiger partial charge is 0.213 e. The van der Waals surface area contributed by atoms with Crippen molar-refractivity contribution in [2.75, 3.05) is 13.7 Å². The van der Waals surface area contributed by atoms with Gasteiger partial charge in [0.15, 0.2) is 0 Å². The zero-order valence-corrected chi connectivity index (χ0v) is 10.0. The van der Waals surface area contributed by atoms with E-state index >= 15 is 0 Å². The highest BCUT2D eigenvalue weighted by Gasteiger charge is 2.24. The number of aliphatic hydroxyl groups is 1. The summed E-state index contributed by atoms with van der Waals surface area (Å²) in [6, 6.07) is 1.69. The lowest BCUT2D eigenvalue weighted by Crippen LogP contribution is -2.17. The van der Waals surface area contributed by atoms with Crippen LogP contribution in [0.4, 0.5) is 4.39 Å². The number of pyridine rings is 1. The third-order valence-electron chi connectivity index (χ3n) is 3.61. The monoisotopic (exact) mass is 239 g/mol. The van der Waals surface area contributed by atoms with E-state index < -0.39 is 0 Å². The van der Waals surface area contributed by atoms with E-state index in [0.29, 0.717) is 17.4 Å². The van der Waals surface area contributed by atoms with Crippen LogP contribution in [0, 0.1) is 11.7 Å². The summed E-state index contributed by atoms with van der Waals surface area (Å²) in [5, 5.41) is 9.08. The van der Waals surface area contributed by atoms with Gasteiger partial charge in [0.1, 0.15) is 5.82 Å². The molecule has 1 aromatic rings. The van der Waals surface area contributed by atoms with E-state index in [1.807, 2.05) is 0 Å². The summed E-state index contributed by atoms with van der Waals surface area (Å²) in [5.41, 5.74) is 0.702. The highest BCUT2D eigenvalue weighted by molar-refractivity contribution is 5.26. The second-order valence-corrected chi connectivity index (χ2v) is 4.65. The average Bonchev–Trinajstić information content (AvgIpc) is 2.39. The Morgan fingerprint density at radius 3 is 2.71 bits per heavy atom. The molecule has 0 amide bonds. The van der Waals surface area contributed by atoms with Gasteiger partial charge < -0.3 is 9.84 Å². The quantitative estimate of drug-likeness (QED) is 0.881. The van der Waals surface area contributed by atoms with Crippen molar-refractivity contribution in [2.45, 2.75) is 31.6 Å². The van der Waals surface area contributed by atoms with Crippen LogP contribution in [0.5, 0.6) is 5.88 Å². The lowest BCUT2D eigenvalue weighted by atomic mass is 9.79. The van der Waals surface area contributed by atoms with Crippen LogP contribution in [0.2, 0.25) is 0 Å². The first-order valence-electron chi connectivity index (χ1n) is 6.05. The summed E-state index contributed by atoms with van der Waals surface area (Å²) in [4.78, 5) is 3.85. The topological polar surface area (TPSA) is 42.4 Å². The third-order valence-corrected chi connectivity index (χ3v) is 3.61. The van der Waals surface area contributed by atoms with Crippen LogP contribution in [0.15, 0.2) is 12.3 Å². The molecule has 0 atom stereocenters. The second-order valence-electron chi connectivity index (χ2n) is 4.65. The van der Waals surface area contributed by atoms with Gasteiger partial charge in [-0.05, 0) is 43.1 Å². The molecule has 3 nitrogen and oxygen atoms in total. The van der Waals surface area contributed by atoms with Crippen LogP contribution >= 0.6 is 0 Å². The Labute approximate surface area is 101 Å². The fraction of sp³-hybridized carbons (Fsp3) is 0.615. The fourth-order valence-corrected chi connectivity index (χ4v) is 2.51. The summed E-state index contributed by atoms with van der Waals surface area (Å²) in [6.07, 6.45) is 5.01. The van der Waals surface area contributed by atoms with Crippen LogP contribution in [0.25, 0.3) is 0 Å². The van der Waals surface area contributed by atoms with Crippen LogP contribution < -0.4 is 4.74 Å². The van der Waals surface area contributed by atoms with Crippen molar-refractivity contribution in [2.24, 2.45) is 5.92 Å². The molecule has 0 radical (unpaired) electrons. The number of hydrogen-bond donors (Lipinski definition) is 1. The summed E-state index contributed by atoms with van der Waals surface area (Å²) in [5.74, 6) is 0.830. The highest BCUT2D eigenvalue weighted by Crippen LogP contribution is 2.37. The summed E-state index contributed by atoms with van der Waals surface area (Å²) in [7, 11) is 1.53. The normalized spacial score (nSPS) is 24.6. The van der Waals surface area contributed by atoms with Crippen LogP contribution in [0.3, 0.4) is 0 Å². The molecule has 0 bridgehead atoms. The number of rotatable bonds is 3. The minimum Gasteiger partial charge on any atom is -0.481 e. The van der Waals surface area contributed by atoms with E-state index in [1.165, 1.54) is 13.3 Å². The molecule has 0 unspecified atom stereocenters. The maximum absolute atomic E-state index is 13.7. The van der Waals surface area contributed by atoms with Crippen LogP contribution in [-0.4, -0.2) is 23.8 Å². The van der Waals surface area contributed by atoms with Crippen molar-refractivity contribution >= 4 is 0 Å². The first kappa shape index (κ1) is 12.3. The first-order valence-corrected chi connectivity index (χ1v) is 6.05. The molecule has 4 heteroatoms. The largest absolute Gasteiger partial charge is 0.481 e. The molecule has 2 rings (SSSR count). The van der Waals surface area contributed by atoms with Crippen molar-refractivity contribution in [3.8, 4) is 5.88 Å². The van der Waals surface area contributed by atoms with Gasteiger partial charge in [-0.1, -0.05) is 0 Å². The van der Waals surface area contributed by atoms with Crippen molar-refractivity contribution in [1.82, 2.24) is 4.98 Å². The van der Waals surface area contributed by atoms with Gasteiger partial charge in [-0.25, -0.2) is 9.37 Å². The number of methoxy groups -OCH3 is 1. The van der Waals surface area contributed by atoms with E-state index in [2.05, 4.69) is 4.98 Å². The van der Waals surface area contributed by atoms with Gasteiger partial charge in [0, 0.05) is 12.7 Å². The van der Waals surface area contributed by atoms with E-state index in [1.54, 1.807) is 6.07 Å². The second kappa shape index (κ2) is 5.45. The Kier molecular flexibility index (Phi) is 3.94. The fourth-order valence-electron chi connectivity index (χ4n) is 2.51. The Hall–Kier alpha value is -1.16. The molecule has 1 N–H and O–H groups in total. The lowest BCUT2D eigenvalue weighted by molar-refractivity contribution is 0.181. The number of halogens is 1. The molecule has 0 spiro atoms. The SMILES string of the molecule is COc1cc([C@H]2CC[C@@H](CO)CC2)c(F)cn1. The van der Waals surface area contributed by atoms with E-state index in [-0.39, 0.29) is 18.3 Å². The van der Waals surface area contributed by atoms with E-state index in [9.17, 15) is 4.39 Å². The first-order chi connectivity index (χ1) is 8.24. The Balaban J connectivity index is 2.12. The number of aromatic nitrogens is 1. The van der Waals surface area contributed by atoms with E-state index in [4.69, 9.17) is 9.84 Å². The molecule has 0 aliphatic heterocycles. The molecule has 1 aromatic heterocycles. The predicted octanol–water partition coefficient (Wildman–Crippen LogP) is 2.50. The molecule has 1 fully saturated rings. The molecule has 17 heavy (non-hydrogen) atoms. The maximum atomic E-state index is 13.7.